The third kappa shape index (κ3) is 4.59. The van der Waals surface area contributed by atoms with Crippen molar-refractivity contribution < 1.29 is 5.11 Å². The van der Waals surface area contributed by atoms with Gasteiger partial charge in [0.1, 0.15) is 0 Å². The van der Waals surface area contributed by atoms with Crippen LogP contribution in [0, 0.1) is 17.3 Å². The van der Waals surface area contributed by atoms with Crippen LogP contribution in [0.5, 0.6) is 0 Å². The fraction of sp³-hybridized carbons (Fsp3) is 1.00. The zero-order valence-corrected chi connectivity index (χ0v) is 12.3. The predicted molar refractivity (Wildman–Crippen MR) is 74.0 cm³/mol. The number of hydrogen-bond acceptors (Lipinski definition) is 2. The van der Waals surface area contributed by atoms with Gasteiger partial charge in [-0.25, -0.2) is 0 Å². The van der Waals surface area contributed by atoms with E-state index in [9.17, 15) is 5.11 Å². The Morgan fingerprint density at radius 3 is 2.35 bits per heavy atom. The van der Waals surface area contributed by atoms with E-state index in [4.69, 9.17) is 0 Å². The van der Waals surface area contributed by atoms with Crippen LogP contribution in [0.2, 0.25) is 0 Å². The molecule has 0 spiro atoms. The molecule has 102 valence electrons. The summed E-state index contributed by atoms with van der Waals surface area (Å²) in [5.41, 5.74) is 0.228. The SMILES string of the molecule is CC1CCC(NC(CCO)C(C)(C)C)C(C)C1. The highest BCUT2D eigenvalue weighted by Gasteiger charge is 2.31. The first kappa shape index (κ1) is 15.0. The Morgan fingerprint density at radius 1 is 1.24 bits per heavy atom. The van der Waals surface area contributed by atoms with Crippen LogP contribution in [0.25, 0.3) is 0 Å². The van der Waals surface area contributed by atoms with E-state index >= 15 is 0 Å². The first-order chi connectivity index (χ1) is 7.84. The minimum atomic E-state index is 0.228. The van der Waals surface area contributed by atoms with Crippen LogP contribution >= 0.6 is 0 Å². The molecule has 0 saturated heterocycles. The van der Waals surface area contributed by atoms with Crippen molar-refractivity contribution in [1.29, 1.82) is 0 Å². The van der Waals surface area contributed by atoms with Gasteiger partial charge in [0, 0.05) is 18.7 Å². The van der Waals surface area contributed by atoms with Crippen LogP contribution in [0.1, 0.15) is 60.3 Å². The van der Waals surface area contributed by atoms with Crippen LogP contribution in [-0.4, -0.2) is 23.8 Å². The van der Waals surface area contributed by atoms with Crippen molar-refractivity contribution in [2.75, 3.05) is 6.61 Å². The lowest BCUT2D eigenvalue weighted by Gasteiger charge is -2.40. The van der Waals surface area contributed by atoms with Crippen molar-refractivity contribution in [1.82, 2.24) is 5.32 Å². The molecular weight excluding hydrogens is 210 g/mol. The largest absolute Gasteiger partial charge is 0.396 e. The number of aliphatic hydroxyl groups excluding tert-OH is 1. The Hall–Kier alpha value is -0.0800. The van der Waals surface area contributed by atoms with Crippen LogP contribution in [-0.2, 0) is 0 Å². The number of rotatable bonds is 4. The Labute approximate surface area is 107 Å². The topological polar surface area (TPSA) is 32.3 Å². The standard InChI is InChI=1S/C15H31NO/c1-11-6-7-13(12(2)10-11)16-14(8-9-17)15(3,4)5/h11-14,16-17H,6-10H2,1-5H3. The van der Waals surface area contributed by atoms with Crippen LogP contribution in [0.4, 0.5) is 0 Å². The summed E-state index contributed by atoms with van der Waals surface area (Å²) in [7, 11) is 0. The number of nitrogens with one attached hydrogen (secondary N) is 1. The van der Waals surface area contributed by atoms with Gasteiger partial charge in [-0.15, -0.1) is 0 Å². The highest BCUT2D eigenvalue weighted by molar-refractivity contribution is 4.88. The Morgan fingerprint density at radius 2 is 1.88 bits per heavy atom. The number of aliphatic hydroxyl groups is 1. The highest BCUT2D eigenvalue weighted by Crippen LogP contribution is 2.31. The molecule has 0 heterocycles. The molecule has 0 aromatic heterocycles. The molecule has 0 aromatic carbocycles. The summed E-state index contributed by atoms with van der Waals surface area (Å²) in [5.74, 6) is 1.65. The maximum absolute atomic E-state index is 9.20. The van der Waals surface area contributed by atoms with Gasteiger partial charge in [-0.2, -0.15) is 0 Å². The lowest BCUT2D eigenvalue weighted by molar-refractivity contribution is 0.145. The average Bonchev–Trinajstić information content (AvgIpc) is 2.19. The summed E-state index contributed by atoms with van der Waals surface area (Å²) in [4.78, 5) is 0. The van der Waals surface area contributed by atoms with Crippen molar-refractivity contribution in [3.63, 3.8) is 0 Å². The summed E-state index contributed by atoms with van der Waals surface area (Å²) in [5, 5.41) is 13.0. The van der Waals surface area contributed by atoms with E-state index in [1.54, 1.807) is 0 Å². The molecule has 0 bridgehead atoms. The van der Waals surface area contributed by atoms with Crippen molar-refractivity contribution >= 4 is 0 Å². The Balaban J connectivity index is 2.55. The second kappa shape index (κ2) is 6.19. The number of hydrogen-bond donors (Lipinski definition) is 2. The molecule has 4 unspecified atom stereocenters. The smallest absolute Gasteiger partial charge is 0.0446 e. The predicted octanol–water partition coefficient (Wildman–Crippen LogP) is 3.20. The van der Waals surface area contributed by atoms with Crippen LogP contribution < -0.4 is 5.32 Å². The maximum Gasteiger partial charge on any atom is 0.0446 e. The van der Waals surface area contributed by atoms with E-state index in [-0.39, 0.29) is 12.0 Å². The van der Waals surface area contributed by atoms with Crippen LogP contribution in [0.3, 0.4) is 0 Å². The molecule has 0 aromatic rings. The van der Waals surface area contributed by atoms with Gasteiger partial charge < -0.3 is 10.4 Å². The van der Waals surface area contributed by atoms with Gasteiger partial charge in [-0.3, -0.25) is 0 Å². The Bertz CT molecular complexity index is 221. The summed E-state index contributed by atoms with van der Waals surface area (Å²) in [6.45, 7) is 11.8. The zero-order chi connectivity index (χ0) is 13.1. The summed E-state index contributed by atoms with van der Waals surface area (Å²) < 4.78 is 0. The Kier molecular flexibility index (Phi) is 5.46. The molecule has 1 rings (SSSR count). The lowest BCUT2D eigenvalue weighted by atomic mass is 9.77. The molecular formula is C15H31NO. The molecule has 0 aliphatic heterocycles. The van der Waals surface area contributed by atoms with Gasteiger partial charge in [-0.1, -0.05) is 34.6 Å². The molecule has 0 amide bonds. The third-order valence-corrected chi connectivity index (χ3v) is 4.31. The van der Waals surface area contributed by atoms with E-state index in [0.717, 1.165) is 18.3 Å². The minimum Gasteiger partial charge on any atom is -0.396 e. The van der Waals surface area contributed by atoms with Crippen molar-refractivity contribution in [3.05, 3.63) is 0 Å². The van der Waals surface area contributed by atoms with E-state index in [0.29, 0.717) is 12.1 Å². The van der Waals surface area contributed by atoms with E-state index < -0.39 is 0 Å². The third-order valence-electron chi connectivity index (χ3n) is 4.31. The quantitative estimate of drug-likeness (QED) is 0.792. The molecule has 4 atom stereocenters. The fourth-order valence-corrected chi connectivity index (χ4v) is 3.07. The molecule has 2 N–H and O–H groups in total. The van der Waals surface area contributed by atoms with Gasteiger partial charge in [-0.05, 0) is 42.9 Å². The first-order valence-electron chi connectivity index (χ1n) is 7.21. The zero-order valence-electron chi connectivity index (χ0n) is 12.3. The van der Waals surface area contributed by atoms with E-state index in [2.05, 4.69) is 39.9 Å². The van der Waals surface area contributed by atoms with E-state index in [1.807, 2.05) is 0 Å². The van der Waals surface area contributed by atoms with Crippen molar-refractivity contribution in [2.24, 2.45) is 17.3 Å². The normalized spacial score (nSPS) is 32.5. The first-order valence-corrected chi connectivity index (χ1v) is 7.21. The minimum absolute atomic E-state index is 0.228. The summed E-state index contributed by atoms with van der Waals surface area (Å²) >= 11 is 0. The molecule has 1 saturated carbocycles. The maximum atomic E-state index is 9.20. The monoisotopic (exact) mass is 241 g/mol. The lowest BCUT2D eigenvalue weighted by Crippen LogP contribution is -2.50. The van der Waals surface area contributed by atoms with E-state index in [1.165, 1.54) is 19.3 Å². The summed E-state index contributed by atoms with van der Waals surface area (Å²) in [6, 6.07) is 1.07. The van der Waals surface area contributed by atoms with Gasteiger partial charge >= 0.3 is 0 Å². The second-order valence-corrected chi connectivity index (χ2v) is 7.10. The molecule has 17 heavy (non-hydrogen) atoms. The molecule has 1 fully saturated rings. The van der Waals surface area contributed by atoms with Crippen LogP contribution in [0.15, 0.2) is 0 Å². The fourth-order valence-electron chi connectivity index (χ4n) is 3.07. The molecule has 1 aliphatic rings. The molecule has 2 nitrogen and oxygen atoms in total. The summed E-state index contributed by atoms with van der Waals surface area (Å²) in [6.07, 6.45) is 4.84. The molecule has 1 aliphatic carbocycles. The average molecular weight is 241 g/mol. The van der Waals surface area contributed by atoms with Gasteiger partial charge in [0.25, 0.3) is 0 Å². The molecule has 2 heteroatoms. The second-order valence-electron chi connectivity index (χ2n) is 7.10. The van der Waals surface area contributed by atoms with Gasteiger partial charge in [0.05, 0.1) is 0 Å². The van der Waals surface area contributed by atoms with Gasteiger partial charge in [0.15, 0.2) is 0 Å². The van der Waals surface area contributed by atoms with Crippen molar-refractivity contribution in [2.45, 2.75) is 72.4 Å². The van der Waals surface area contributed by atoms with Gasteiger partial charge in [0.2, 0.25) is 0 Å². The highest BCUT2D eigenvalue weighted by atomic mass is 16.3. The van der Waals surface area contributed by atoms with Crippen molar-refractivity contribution in [3.8, 4) is 0 Å². The molecule has 0 radical (unpaired) electrons.